The highest BCUT2D eigenvalue weighted by Crippen LogP contribution is 2.22. The Hall–Kier alpha value is -2.30. The van der Waals surface area contributed by atoms with E-state index >= 15 is 0 Å². The molecule has 0 fully saturated rings. The number of ether oxygens (including phenoxy) is 2. The molecule has 5 nitrogen and oxygen atoms in total. The van der Waals surface area contributed by atoms with Crippen LogP contribution < -0.4 is 14.8 Å². The first-order chi connectivity index (χ1) is 9.64. The molecule has 0 heterocycles. The minimum Gasteiger partial charge on any atom is -0.497 e. The molecule has 0 saturated heterocycles. The largest absolute Gasteiger partial charge is 0.497 e. The third kappa shape index (κ3) is 4.42. The minimum absolute atomic E-state index is 0.261. The van der Waals surface area contributed by atoms with Crippen LogP contribution in [0.15, 0.2) is 35.3 Å². The Bertz CT molecular complexity index is 500. The number of amides is 1. The zero-order valence-electron chi connectivity index (χ0n) is 12.3. The molecule has 1 N–H and O–H groups in total. The van der Waals surface area contributed by atoms with Crippen molar-refractivity contribution in [2.45, 2.75) is 13.3 Å². The van der Waals surface area contributed by atoms with Gasteiger partial charge in [0.1, 0.15) is 17.3 Å². The van der Waals surface area contributed by atoms with Crippen molar-refractivity contribution in [1.29, 1.82) is 0 Å². The fraction of sp³-hybridized carbons (Fsp3) is 0.333. The Labute approximate surface area is 119 Å². The summed E-state index contributed by atoms with van der Waals surface area (Å²) in [5, 5.41) is 2.73. The van der Waals surface area contributed by atoms with Crippen molar-refractivity contribution in [2.24, 2.45) is 4.99 Å². The second-order valence-electron chi connectivity index (χ2n) is 3.97. The summed E-state index contributed by atoms with van der Waals surface area (Å²) in [5.74, 6) is 1.38. The van der Waals surface area contributed by atoms with Gasteiger partial charge in [-0.15, -0.1) is 0 Å². The molecule has 0 aliphatic rings. The molecule has 0 aliphatic carbocycles. The van der Waals surface area contributed by atoms with Gasteiger partial charge in [0.25, 0.3) is 5.91 Å². The van der Waals surface area contributed by atoms with Gasteiger partial charge in [-0.05, 0) is 24.6 Å². The van der Waals surface area contributed by atoms with Gasteiger partial charge in [-0.3, -0.25) is 9.79 Å². The fourth-order valence-corrected chi connectivity index (χ4v) is 1.53. The summed E-state index contributed by atoms with van der Waals surface area (Å²) in [6, 6.07) is 5.01. The first-order valence-corrected chi connectivity index (χ1v) is 6.32. The van der Waals surface area contributed by atoms with E-state index in [1.165, 1.54) is 0 Å². The molecule has 108 valence electrons. The SMILES string of the molecule is CC/C=C\C(=N/C)NC(=O)c1cc(OC)cc(OC)c1. The molecule has 0 atom stereocenters. The quantitative estimate of drug-likeness (QED) is 0.663. The molecule has 1 amide bonds. The van der Waals surface area contributed by atoms with Crippen LogP contribution in [0.5, 0.6) is 11.5 Å². The van der Waals surface area contributed by atoms with Gasteiger partial charge in [-0.25, -0.2) is 0 Å². The average molecular weight is 276 g/mol. The van der Waals surface area contributed by atoms with Gasteiger partial charge in [0, 0.05) is 18.7 Å². The van der Waals surface area contributed by atoms with E-state index < -0.39 is 0 Å². The number of rotatable bonds is 5. The number of nitrogens with zero attached hydrogens (tertiary/aromatic N) is 1. The summed E-state index contributed by atoms with van der Waals surface area (Å²) in [6.45, 7) is 2.01. The van der Waals surface area contributed by atoms with Crippen LogP contribution in [-0.2, 0) is 0 Å². The molecular weight excluding hydrogens is 256 g/mol. The topological polar surface area (TPSA) is 59.9 Å². The normalized spacial score (nSPS) is 11.5. The Balaban J connectivity index is 2.94. The minimum atomic E-state index is -0.261. The fourth-order valence-electron chi connectivity index (χ4n) is 1.53. The van der Waals surface area contributed by atoms with Crippen LogP contribution >= 0.6 is 0 Å². The van der Waals surface area contributed by atoms with Gasteiger partial charge in [0.05, 0.1) is 14.2 Å². The second-order valence-corrected chi connectivity index (χ2v) is 3.97. The van der Waals surface area contributed by atoms with Crippen LogP contribution in [0.4, 0.5) is 0 Å². The Kier molecular flexibility index (Phi) is 6.29. The summed E-state index contributed by atoms with van der Waals surface area (Å²) < 4.78 is 10.3. The summed E-state index contributed by atoms with van der Waals surface area (Å²) >= 11 is 0. The smallest absolute Gasteiger partial charge is 0.257 e. The number of carbonyl (C=O) groups is 1. The molecule has 1 rings (SSSR count). The predicted molar refractivity (Wildman–Crippen MR) is 79.8 cm³/mol. The summed E-state index contributed by atoms with van der Waals surface area (Å²) in [5.41, 5.74) is 0.451. The van der Waals surface area contributed by atoms with Crippen LogP contribution in [0.3, 0.4) is 0 Å². The molecule has 0 aliphatic heterocycles. The number of carbonyl (C=O) groups excluding carboxylic acids is 1. The van der Waals surface area contributed by atoms with E-state index in [-0.39, 0.29) is 5.91 Å². The van der Waals surface area contributed by atoms with Crippen molar-refractivity contribution in [2.75, 3.05) is 21.3 Å². The lowest BCUT2D eigenvalue weighted by Gasteiger charge is -2.09. The van der Waals surface area contributed by atoms with Gasteiger partial charge >= 0.3 is 0 Å². The molecule has 5 heteroatoms. The number of aliphatic imine (C=N–C) groups is 1. The second kappa shape index (κ2) is 7.99. The first kappa shape index (κ1) is 15.8. The third-order valence-corrected chi connectivity index (χ3v) is 2.61. The monoisotopic (exact) mass is 276 g/mol. The summed E-state index contributed by atoms with van der Waals surface area (Å²) in [6.07, 6.45) is 4.58. The zero-order chi connectivity index (χ0) is 15.0. The molecule has 0 unspecified atom stereocenters. The molecule has 0 radical (unpaired) electrons. The summed E-state index contributed by atoms with van der Waals surface area (Å²) in [4.78, 5) is 16.2. The van der Waals surface area contributed by atoms with Crippen LogP contribution in [0.2, 0.25) is 0 Å². The lowest BCUT2D eigenvalue weighted by atomic mass is 10.2. The number of nitrogens with one attached hydrogen (secondary N) is 1. The zero-order valence-corrected chi connectivity index (χ0v) is 12.3. The van der Waals surface area contributed by atoms with E-state index in [4.69, 9.17) is 9.47 Å². The van der Waals surface area contributed by atoms with Crippen molar-refractivity contribution in [3.05, 3.63) is 35.9 Å². The van der Waals surface area contributed by atoms with Crippen molar-refractivity contribution in [3.63, 3.8) is 0 Å². The Morgan fingerprint density at radius 2 is 1.85 bits per heavy atom. The number of amidine groups is 1. The van der Waals surface area contributed by atoms with Crippen LogP contribution in [-0.4, -0.2) is 33.0 Å². The molecule has 0 aromatic heterocycles. The van der Waals surface area contributed by atoms with E-state index in [2.05, 4.69) is 10.3 Å². The molecule has 20 heavy (non-hydrogen) atoms. The highest BCUT2D eigenvalue weighted by Gasteiger charge is 2.10. The highest BCUT2D eigenvalue weighted by molar-refractivity contribution is 6.10. The van der Waals surface area contributed by atoms with Crippen molar-refractivity contribution in [3.8, 4) is 11.5 Å². The van der Waals surface area contributed by atoms with Gasteiger partial charge in [-0.1, -0.05) is 13.0 Å². The van der Waals surface area contributed by atoms with E-state index in [1.54, 1.807) is 45.5 Å². The van der Waals surface area contributed by atoms with E-state index in [0.29, 0.717) is 22.9 Å². The van der Waals surface area contributed by atoms with E-state index in [1.807, 2.05) is 13.0 Å². The Morgan fingerprint density at radius 3 is 2.30 bits per heavy atom. The van der Waals surface area contributed by atoms with Crippen LogP contribution in [0, 0.1) is 0 Å². The van der Waals surface area contributed by atoms with Crippen molar-refractivity contribution in [1.82, 2.24) is 5.32 Å². The van der Waals surface area contributed by atoms with Gasteiger partial charge in [0.15, 0.2) is 0 Å². The molecule has 1 aromatic rings. The molecule has 1 aromatic carbocycles. The maximum Gasteiger partial charge on any atom is 0.257 e. The molecule has 0 spiro atoms. The van der Waals surface area contributed by atoms with Gasteiger partial charge in [0.2, 0.25) is 0 Å². The lowest BCUT2D eigenvalue weighted by molar-refractivity contribution is 0.0976. The van der Waals surface area contributed by atoms with Crippen LogP contribution in [0.1, 0.15) is 23.7 Å². The highest BCUT2D eigenvalue weighted by atomic mass is 16.5. The lowest BCUT2D eigenvalue weighted by Crippen LogP contribution is -2.29. The molecule has 0 bridgehead atoms. The maximum absolute atomic E-state index is 12.2. The van der Waals surface area contributed by atoms with Crippen molar-refractivity contribution < 1.29 is 14.3 Å². The maximum atomic E-state index is 12.2. The number of benzene rings is 1. The number of hydrogen-bond acceptors (Lipinski definition) is 4. The molecular formula is C15H20N2O3. The summed E-state index contributed by atoms with van der Waals surface area (Å²) in [7, 11) is 4.71. The average Bonchev–Trinajstić information content (AvgIpc) is 2.50. The van der Waals surface area contributed by atoms with Crippen LogP contribution in [0.25, 0.3) is 0 Å². The molecule has 0 saturated carbocycles. The van der Waals surface area contributed by atoms with Gasteiger partial charge < -0.3 is 14.8 Å². The first-order valence-electron chi connectivity index (χ1n) is 6.32. The van der Waals surface area contributed by atoms with Crippen molar-refractivity contribution >= 4 is 11.7 Å². The Morgan fingerprint density at radius 1 is 1.25 bits per heavy atom. The third-order valence-electron chi connectivity index (χ3n) is 2.61. The van der Waals surface area contributed by atoms with E-state index in [0.717, 1.165) is 6.42 Å². The standard InChI is InChI=1S/C15H20N2O3/c1-5-6-7-14(16-2)17-15(18)11-8-12(19-3)10-13(9-11)20-4/h6-10H,5H2,1-4H3,(H,16,17,18)/b7-6-. The van der Waals surface area contributed by atoms with Gasteiger partial charge in [-0.2, -0.15) is 0 Å². The predicted octanol–water partition coefficient (Wildman–Crippen LogP) is 2.43. The number of methoxy groups -OCH3 is 2. The van der Waals surface area contributed by atoms with E-state index in [9.17, 15) is 4.79 Å². The number of allylic oxidation sites excluding steroid dienone is 1. The number of hydrogen-bond donors (Lipinski definition) is 1.